The van der Waals surface area contributed by atoms with E-state index >= 15 is 0 Å². The van der Waals surface area contributed by atoms with Gasteiger partial charge in [0.1, 0.15) is 5.65 Å². The van der Waals surface area contributed by atoms with Crippen molar-refractivity contribution in [1.29, 1.82) is 0 Å². The summed E-state index contributed by atoms with van der Waals surface area (Å²) in [5, 5.41) is 1.94. The van der Waals surface area contributed by atoms with Crippen molar-refractivity contribution in [3.05, 3.63) is 71.0 Å². The van der Waals surface area contributed by atoms with Gasteiger partial charge in [-0.25, -0.2) is 4.98 Å². The van der Waals surface area contributed by atoms with Crippen molar-refractivity contribution in [2.75, 3.05) is 18.0 Å². The molecule has 0 saturated carbocycles. The normalized spacial score (nSPS) is 14.2. The lowest BCUT2D eigenvalue weighted by atomic mass is 10.1. The van der Waals surface area contributed by atoms with E-state index in [-0.39, 0.29) is 0 Å². The lowest BCUT2D eigenvalue weighted by Crippen LogP contribution is -2.28. The van der Waals surface area contributed by atoms with E-state index in [0.29, 0.717) is 0 Å². The van der Waals surface area contributed by atoms with Gasteiger partial charge < -0.3 is 9.47 Å². The van der Waals surface area contributed by atoms with Crippen molar-refractivity contribution in [1.82, 2.24) is 9.55 Å². The molecule has 3 nitrogen and oxygen atoms in total. The second-order valence-corrected chi connectivity index (χ2v) is 6.62. The third kappa shape index (κ3) is 3.26. The Hall–Kier alpha value is -2.70. The molecule has 0 atom stereocenters. The number of hydrogen-bond acceptors (Lipinski definition) is 2. The lowest BCUT2D eigenvalue weighted by molar-refractivity contribution is 0.803. The van der Waals surface area contributed by atoms with Crippen LogP contribution in [0.4, 0.5) is 5.69 Å². The number of pyridine rings is 1. The van der Waals surface area contributed by atoms with E-state index in [2.05, 4.69) is 44.6 Å². The summed E-state index contributed by atoms with van der Waals surface area (Å²) in [4.78, 5) is 6.86. The zero-order valence-electron chi connectivity index (χ0n) is 14.0. The molecule has 4 heteroatoms. The fraction of sp³-hybridized carbons (Fsp3) is 0.190. The number of nitrogens with zero attached hydrogens (tertiary/aromatic N) is 3. The molecule has 1 aliphatic heterocycles. The topological polar surface area (TPSA) is 21.1 Å². The first-order chi connectivity index (χ1) is 12.2. The van der Waals surface area contributed by atoms with Gasteiger partial charge in [0.2, 0.25) is 0 Å². The van der Waals surface area contributed by atoms with Crippen LogP contribution in [0, 0.1) is 11.8 Å². The number of rotatable bonds is 1. The number of hydrogen-bond donors (Lipinski definition) is 0. The molecule has 4 rings (SSSR count). The van der Waals surface area contributed by atoms with Crippen LogP contribution in [0.1, 0.15) is 12.0 Å². The Morgan fingerprint density at radius 3 is 2.72 bits per heavy atom. The highest BCUT2D eigenvalue weighted by Crippen LogP contribution is 2.29. The third-order valence-corrected chi connectivity index (χ3v) is 4.73. The molecule has 0 aliphatic carbocycles. The maximum atomic E-state index is 5.91. The Morgan fingerprint density at radius 1 is 1.12 bits per heavy atom. The highest BCUT2D eigenvalue weighted by Gasteiger charge is 2.16. The summed E-state index contributed by atoms with van der Waals surface area (Å²) in [6.45, 7) is 1.84. The zero-order valence-corrected chi connectivity index (χ0v) is 14.8. The summed E-state index contributed by atoms with van der Waals surface area (Å²) in [5.41, 5.74) is 4.46. The number of fused-ring (bicyclic) bond motifs is 1. The minimum absolute atomic E-state index is 0.739. The largest absolute Gasteiger partial charge is 0.366 e. The Morgan fingerprint density at radius 2 is 1.96 bits per heavy atom. The second-order valence-electron chi connectivity index (χ2n) is 6.18. The van der Waals surface area contributed by atoms with Crippen LogP contribution in [0.5, 0.6) is 0 Å². The average molecular weight is 348 g/mol. The van der Waals surface area contributed by atoms with Gasteiger partial charge in [-0.2, -0.15) is 0 Å². The second kappa shape index (κ2) is 6.66. The van der Waals surface area contributed by atoms with Crippen LogP contribution in [0.3, 0.4) is 0 Å². The van der Waals surface area contributed by atoms with Gasteiger partial charge in [0.05, 0.1) is 5.69 Å². The number of aryl methyl sites for hydroxylation is 1. The summed E-state index contributed by atoms with van der Waals surface area (Å²) in [6.07, 6.45) is 7.18. The number of benzene rings is 1. The van der Waals surface area contributed by atoms with E-state index in [4.69, 9.17) is 11.6 Å². The maximum absolute atomic E-state index is 5.91. The molecular weight excluding hydrogens is 330 g/mol. The van der Waals surface area contributed by atoms with Crippen LogP contribution in [-0.4, -0.2) is 22.6 Å². The van der Waals surface area contributed by atoms with E-state index in [9.17, 15) is 0 Å². The van der Waals surface area contributed by atoms with Gasteiger partial charge in [-0.05, 0) is 42.8 Å². The van der Waals surface area contributed by atoms with Crippen LogP contribution in [0.25, 0.3) is 11.0 Å². The highest BCUT2D eigenvalue weighted by atomic mass is 35.5. The van der Waals surface area contributed by atoms with Crippen molar-refractivity contribution in [3.63, 3.8) is 0 Å². The van der Waals surface area contributed by atoms with Crippen LogP contribution in [0.2, 0.25) is 5.02 Å². The van der Waals surface area contributed by atoms with Crippen LogP contribution >= 0.6 is 11.6 Å². The van der Waals surface area contributed by atoms with Gasteiger partial charge in [-0.15, -0.1) is 0 Å². The fourth-order valence-electron chi connectivity index (χ4n) is 3.13. The molecule has 1 aliphatic rings. The van der Waals surface area contributed by atoms with Crippen molar-refractivity contribution < 1.29 is 0 Å². The number of anilines is 1. The SMILES string of the molecule is Cn1cc(N2CC=C(C#Cc3ccc(Cl)cc3)CC2)c2cccnc21. The van der Waals surface area contributed by atoms with Crippen molar-refractivity contribution >= 4 is 28.3 Å². The summed E-state index contributed by atoms with van der Waals surface area (Å²) in [6, 6.07) is 11.8. The van der Waals surface area contributed by atoms with E-state index in [1.807, 2.05) is 43.6 Å². The predicted octanol–water partition coefficient (Wildman–Crippen LogP) is 4.41. The van der Waals surface area contributed by atoms with E-state index in [1.54, 1.807) is 0 Å². The molecule has 0 fully saturated rings. The van der Waals surface area contributed by atoms with Crippen LogP contribution in [0.15, 0.2) is 60.4 Å². The summed E-state index contributed by atoms with van der Waals surface area (Å²) in [7, 11) is 2.04. The quantitative estimate of drug-likeness (QED) is 0.608. The molecule has 3 aromatic rings. The molecule has 124 valence electrons. The molecule has 0 saturated heterocycles. The monoisotopic (exact) mass is 347 g/mol. The molecule has 1 aromatic carbocycles. The highest BCUT2D eigenvalue weighted by molar-refractivity contribution is 6.30. The molecule has 3 heterocycles. The van der Waals surface area contributed by atoms with Gasteiger partial charge in [-0.1, -0.05) is 29.5 Å². The Labute approximate surface area is 152 Å². The molecule has 0 unspecified atom stereocenters. The summed E-state index contributed by atoms with van der Waals surface area (Å²) in [5.74, 6) is 6.52. The van der Waals surface area contributed by atoms with Gasteiger partial charge in [0, 0.05) is 54.1 Å². The van der Waals surface area contributed by atoms with E-state index in [1.165, 1.54) is 16.6 Å². The van der Waals surface area contributed by atoms with E-state index < -0.39 is 0 Å². The molecule has 0 N–H and O–H groups in total. The minimum atomic E-state index is 0.739. The first-order valence-corrected chi connectivity index (χ1v) is 8.70. The fourth-order valence-corrected chi connectivity index (χ4v) is 3.26. The van der Waals surface area contributed by atoms with E-state index in [0.717, 1.165) is 35.7 Å². The molecule has 0 spiro atoms. The maximum Gasteiger partial charge on any atom is 0.141 e. The number of aromatic nitrogens is 2. The first-order valence-electron chi connectivity index (χ1n) is 8.32. The van der Waals surface area contributed by atoms with Crippen molar-refractivity contribution in [2.45, 2.75) is 6.42 Å². The molecule has 25 heavy (non-hydrogen) atoms. The van der Waals surface area contributed by atoms with Gasteiger partial charge in [0.15, 0.2) is 0 Å². The smallest absolute Gasteiger partial charge is 0.141 e. The van der Waals surface area contributed by atoms with Crippen molar-refractivity contribution in [3.8, 4) is 11.8 Å². The molecule has 0 radical (unpaired) electrons. The Balaban J connectivity index is 1.53. The van der Waals surface area contributed by atoms with Gasteiger partial charge in [0.25, 0.3) is 0 Å². The van der Waals surface area contributed by atoms with Gasteiger partial charge >= 0.3 is 0 Å². The van der Waals surface area contributed by atoms with Gasteiger partial charge in [-0.3, -0.25) is 0 Å². The first kappa shape index (κ1) is 15.8. The summed E-state index contributed by atoms with van der Waals surface area (Å²) >= 11 is 5.91. The van der Waals surface area contributed by atoms with Crippen LogP contribution < -0.4 is 4.90 Å². The summed E-state index contributed by atoms with van der Waals surface area (Å²) < 4.78 is 2.09. The molecule has 2 aromatic heterocycles. The standard InChI is InChI=1S/C21H18ClN3/c1-24-15-20(19-3-2-12-23-21(19)24)25-13-10-17(11-14-25)5-4-16-6-8-18(22)9-7-16/h2-3,6-10,12,15H,11,13-14H2,1H3. The average Bonchev–Trinajstić information content (AvgIpc) is 2.99. The third-order valence-electron chi connectivity index (χ3n) is 4.47. The predicted molar refractivity (Wildman–Crippen MR) is 104 cm³/mol. The molecule has 0 amide bonds. The van der Waals surface area contributed by atoms with Crippen LogP contribution in [-0.2, 0) is 7.05 Å². The zero-order chi connectivity index (χ0) is 17.2. The lowest BCUT2D eigenvalue weighted by Gasteiger charge is -2.26. The Bertz CT molecular complexity index is 1000. The molecular formula is C21H18ClN3. The van der Waals surface area contributed by atoms with Crippen molar-refractivity contribution in [2.24, 2.45) is 7.05 Å². The molecule has 0 bridgehead atoms. The Kier molecular flexibility index (Phi) is 4.21. The minimum Gasteiger partial charge on any atom is -0.366 e. The number of halogens is 1.